The summed E-state index contributed by atoms with van der Waals surface area (Å²) in [6.45, 7) is 0. The van der Waals surface area contributed by atoms with Gasteiger partial charge in [-0.3, -0.25) is 0 Å². The van der Waals surface area contributed by atoms with Gasteiger partial charge in [-0.2, -0.15) is 0 Å². The highest BCUT2D eigenvalue weighted by atomic mass is 16.5. The number of rotatable bonds is 0. The first-order valence-corrected chi connectivity index (χ1v) is 4.42. The summed E-state index contributed by atoms with van der Waals surface area (Å²) in [5.74, 6) is 0. The Kier molecular flexibility index (Phi) is 1.47. The van der Waals surface area contributed by atoms with Crippen LogP contribution in [0.25, 0.3) is 24.7 Å². The molecule has 68 valence electrons. The number of hydrogen-bond donors (Lipinski definition) is 0. The summed E-state index contributed by atoms with van der Waals surface area (Å²) in [5, 5.41) is 2.21. The van der Waals surface area contributed by atoms with Crippen LogP contribution in [0.4, 0.5) is 0 Å². The smallest absolute Gasteiger partial charge is 0.0980 e. The summed E-state index contributed by atoms with van der Waals surface area (Å²) in [4.78, 5) is 0. The molecule has 1 aromatic rings. The lowest BCUT2D eigenvalue weighted by atomic mass is 10.0. The zero-order valence-electron chi connectivity index (χ0n) is 7.44. The van der Waals surface area contributed by atoms with Gasteiger partial charge in [-0.1, -0.05) is 12.1 Å². The van der Waals surface area contributed by atoms with Crippen molar-refractivity contribution in [3.05, 3.63) is 46.2 Å². The molecule has 0 radical (unpaired) electrons. The number of fused-ring (bicyclic) bond motifs is 3. The highest BCUT2D eigenvalue weighted by Gasteiger charge is 2.05. The minimum absolute atomic E-state index is 1.10. The summed E-state index contributed by atoms with van der Waals surface area (Å²) in [6.07, 6.45) is 10.8. The molecule has 0 atom stereocenters. The maximum absolute atomic E-state index is 5.12. The van der Waals surface area contributed by atoms with Gasteiger partial charge in [0.25, 0.3) is 0 Å². The quantitative estimate of drug-likeness (QED) is 0.602. The van der Waals surface area contributed by atoms with Crippen LogP contribution in [0.5, 0.6) is 0 Å². The van der Waals surface area contributed by atoms with E-state index >= 15 is 0 Å². The summed E-state index contributed by atoms with van der Waals surface area (Å²) in [7, 11) is 0. The summed E-state index contributed by atoms with van der Waals surface area (Å²) < 4.78 is 10.2. The summed E-state index contributed by atoms with van der Waals surface area (Å²) in [6, 6.07) is 4.05. The van der Waals surface area contributed by atoms with E-state index in [-0.39, 0.29) is 0 Å². The lowest BCUT2D eigenvalue weighted by Gasteiger charge is -2.09. The summed E-state index contributed by atoms with van der Waals surface area (Å²) >= 11 is 0. The van der Waals surface area contributed by atoms with Gasteiger partial charge < -0.3 is 9.47 Å². The predicted molar refractivity (Wildman–Crippen MR) is 54.9 cm³/mol. The largest absolute Gasteiger partial charge is 0.472 e. The Labute approximate surface area is 81.1 Å². The second kappa shape index (κ2) is 2.77. The molecular formula is C12H8O2. The van der Waals surface area contributed by atoms with E-state index < -0.39 is 0 Å². The molecule has 2 heteroatoms. The fourth-order valence-electron chi connectivity index (χ4n) is 1.69. The average Bonchev–Trinajstić information content (AvgIpc) is 2.29. The molecule has 2 aliphatic heterocycles. The lowest BCUT2D eigenvalue weighted by Crippen LogP contribution is -2.20. The van der Waals surface area contributed by atoms with Gasteiger partial charge in [-0.25, -0.2) is 0 Å². The van der Waals surface area contributed by atoms with Crippen LogP contribution >= 0.6 is 0 Å². The Bertz CT molecular complexity index is 499. The SMILES string of the molecule is C1=Cc2c3c(ccc2=CO1)=COC=C3. The van der Waals surface area contributed by atoms with E-state index in [9.17, 15) is 0 Å². The van der Waals surface area contributed by atoms with E-state index in [4.69, 9.17) is 9.47 Å². The van der Waals surface area contributed by atoms with Crippen molar-refractivity contribution in [3.63, 3.8) is 0 Å². The van der Waals surface area contributed by atoms with Crippen LogP contribution in [-0.2, 0) is 9.47 Å². The predicted octanol–water partition coefficient (Wildman–Crippen LogP) is 1.16. The van der Waals surface area contributed by atoms with Crippen molar-refractivity contribution >= 4 is 24.7 Å². The molecule has 0 saturated carbocycles. The van der Waals surface area contributed by atoms with Crippen LogP contribution in [0.15, 0.2) is 24.7 Å². The number of ether oxygens (including phenoxy) is 2. The molecule has 2 nitrogen and oxygen atoms in total. The molecule has 1 aromatic carbocycles. The van der Waals surface area contributed by atoms with Gasteiger partial charge in [-0.05, 0) is 23.3 Å². The Hall–Kier alpha value is -1.96. The van der Waals surface area contributed by atoms with Gasteiger partial charge in [0, 0.05) is 10.4 Å². The van der Waals surface area contributed by atoms with Crippen LogP contribution in [0, 0.1) is 0 Å². The van der Waals surface area contributed by atoms with Crippen molar-refractivity contribution in [2.45, 2.75) is 0 Å². The molecule has 2 aliphatic rings. The third-order valence-electron chi connectivity index (χ3n) is 2.37. The van der Waals surface area contributed by atoms with Gasteiger partial charge in [-0.15, -0.1) is 0 Å². The first-order chi connectivity index (χ1) is 6.95. The third-order valence-corrected chi connectivity index (χ3v) is 2.37. The third kappa shape index (κ3) is 0.973. The highest BCUT2D eigenvalue weighted by molar-refractivity contribution is 5.68. The molecular weight excluding hydrogens is 176 g/mol. The van der Waals surface area contributed by atoms with Gasteiger partial charge >= 0.3 is 0 Å². The minimum Gasteiger partial charge on any atom is -0.472 e. The fourth-order valence-corrected chi connectivity index (χ4v) is 1.69. The fraction of sp³-hybridized carbons (Fsp3) is 0. The van der Waals surface area contributed by atoms with E-state index in [0.717, 1.165) is 10.4 Å². The van der Waals surface area contributed by atoms with Crippen LogP contribution in [0.3, 0.4) is 0 Å². The van der Waals surface area contributed by atoms with E-state index in [1.54, 1.807) is 25.0 Å². The molecule has 0 aromatic heterocycles. The zero-order valence-corrected chi connectivity index (χ0v) is 7.44. The van der Waals surface area contributed by atoms with E-state index in [1.165, 1.54) is 11.1 Å². The lowest BCUT2D eigenvalue weighted by molar-refractivity contribution is 0.458. The molecule has 0 unspecified atom stereocenters. The van der Waals surface area contributed by atoms with Gasteiger partial charge in [0.05, 0.1) is 25.0 Å². The van der Waals surface area contributed by atoms with Gasteiger partial charge in [0.1, 0.15) is 0 Å². The highest BCUT2D eigenvalue weighted by Crippen LogP contribution is 2.09. The van der Waals surface area contributed by atoms with Crippen LogP contribution in [0.1, 0.15) is 11.1 Å². The number of benzene rings is 1. The van der Waals surface area contributed by atoms with Crippen LogP contribution in [-0.4, -0.2) is 0 Å². The molecule has 0 N–H and O–H groups in total. The van der Waals surface area contributed by atoms with Crippen molar-refractivity contribution in [2.24, 2.45) is 0 Å². The van der Waals surface area contributed by atoms with E-state index in [0.29, 0.717) is 0 Å². The Balaban J connectivity index is 2.45. The molecule has 0 saturated heterocycles. The maximum atomic E-state index is 5.12. The van der Waals surface area contributed by atoms with Crippen molar-refractivity contribution in [1.82, 2.24) is 0 Å². The summed E-state index contributed by atoms with van der Waals surface area (Å²) in [5.41, 5.74) is 2.37. The zero-order chi connectivity index (χ0) is 9.38. The molecule has 3 rings (SSSR count). The molecule has 0 spiro atoms. The average molecular weight is 184 g/mol. The maximum Gasteiger partial charge on any atom is 0.0980 e. The van der Waals surface area contributed by atoms with Crippen molar-refractivity contribution < 1.29 is 9.47 Å². The molecule has 0 aliphatic carbocycles. The molecule has 0 amide bonds. The van der Waals surface area contributed by atoms with Crippen molar-refractivity contribution in [1.29, 1.82) is 0 Å². The number of hydrogen-bond acceptors (Lipinski definition) is 2. The van der Waals surface area contributed by atoms with Crippen molar-refractivity contribution in [3.8, 4) is 0 Å². The van der Waals surface area contributed by atoms with Crippen molar-refractivity contribution in [2.75, 3.05) is 0 Å². The molecule has 14 heavy (non-hydrogen) atoms. The first kappa shape index (κ1) is 7.44. The Morgan fingerprint density at radius 1 is 0.714 bits per heavy atom. The van der Waals surface area contributed by atoms with Crippen LogP contribution < -0.4 is 10.4 Å². The first-order valence-electron chi connectivity index (χ1n) is 4.42. The van der Waals surface area contributed by atoms with E-state index in [1.807, 2.05) is 24.3 Å². The Morgan fingerprint density at radius 3 is 1.71 bits per heavy atom. The van der Waals surface area contributed by atoms with E-state index in [2.05, 4.69) is 0 Å². The monoisotopic (exact) mass is 184 g/mol. The second-order valence-corrected chi connectivity index (χ2v) is 3.18. The van der Waals surface area contributed by atoms with Gasteiger partial charge in [0.2, 0.25) is 0 Å². The standard InChI is InChI=1S/C12H8O2/c1-2-10-8-14-6-4-12(10)11-3-5-13-7-9(1)11/h1-8H. The second-order valence-electron chi connectivity index (χ2n) is 3.18. The normalized spacial score (nSPS) is 15.4. The topological polar surface area (TPSA) is 18.5 Å². The minimum atomic E-state index is 1.10. The van der Waals surface area contributed by atoms with Crippen LogP contribution in [0.2, 0.25) is 0 Å². The van der Waals surface area contributed by atoms with Gasteiger partial charge in [0.15, 0.2) is 0 Å². The molecule has 2 heterocycles. The molecule has 0 fully saturated rings. The Morgan fingerprint density at radius 2 is 1.21 bits per heavy atom. The molecule has 0 bridgehead atoms.